The second kappa shape index (κ2) is 3.93. The van der Waals surface area contributed by atoms with Gasteiger partial charge in [-0.15, -0.1) is 0 Å². The highest BCUT2D eigenvalue weighted by Gasteiger charge is 2.07. The first-order valence-electron chi connectivity index (χ1n) is 5.35. The number of thiol groups is 1. The molecule has 3 heteroatoms. The van der Waals surface area contributed by atoms with Crippen LogP contribution in [0.2, 0.25) is 0 Å². The molecule has 0 saturated carbocycles. The van der Waals surface area contributed by atoms with Crippen molar-refractivity contribution in [1.82, 2.24) is 0 Å². The Labute approximate surface area is 103 Å². The van der Waals surface area contributed by atoms with Gasteiger partial charge in [-0.3, -0.25) is 4.79 Å². The van der Waals surface area contributed by atoms with Crippen molar-refractivity contribution in [2.24, 2.45) is 0 Å². The molecule has 0 atom stereocenters. The highest BCUT2D eigenvalue weighted by molar-refractivity contribution is 7.79. The summed E-state index contributed by atoms with van der Waals surface area (Å²) in [7, 11) is 0. The molecule has 1 heterocycles. The summed E-state index contributed by atoms with van der Waals surface area (Å²) < 4.78 is 5.70. The highest BCUT2D eigenvalue weighted by atomic mass is 32.1. The quantitative estimate of drug-likeness (QED) is 0.524. The van der Waals surface area contributed by atoms with Gasteiger partial charge in [0, 0.05) is 5.75 Å². The van der Waals surface area contributed by atoms with Crippen molar-refractivity contribution in [2.75, 3.05) is 0 Å². The predicted molar refractivity (Wildman–Crippen MR) is 72.7 cm³/mol. The topological polar surface area (TPSA) is 30.2 Å². The van der Waals surface area contributed by atoms with Crippen LogP contribution in [0.15, 0.2) is 51.7 Å². The molecule has 3 aromatic rings. The molecular weight excluding hydrogens is 232 g/mol. The zero-order chi connectivity index (χ0) is 11.8. The van der Waals surface area contributed by atoms with E-state index in [9.17, 15) is 4.79 Å². The summed E-state index contributed by atoms with van der Waals surface area (Å²) in [6, 6.07) is 12.9. The molecule has 0 fully saturated rings. The van der Waals surface area contributed by atoms with Gasteiger partial charge in [0.05, 0.1) is 10.8 Å². The Balaban J connectivity index is 2.51. The van der Waals surface area contributed by atoms with Crippen LogP contribution in [0, 0.1) is 0 Å². The number of benzene rings is 2. The summed E-state index contributed by atoms with van der Waals surface area (Å²) in [5.41, 5.74) is 2.29. The molecule has 0 N–H and O–H groups in total. The van der Waals surface area contributed by atoms with Gasteiger partial charge in [0.15, 0.2) is 0 Å². The third kappa shape index (κ3) is 1.63. The molecule has 0 radical (unpaired) electrons. The van der Waals surface area contributed by atoms with Crippen LogP contribution in [0.25, 0.3) is 21.9 Å². The van der Waals surface area contributed by atoms with Crippen molar-refractivity contribution in [3.8, 4) is 0 Å². The minimum atomic E-state index is 0.0190. The van der Waals surface area contributed by atoms with E-state index < -0.39 is 0 Å². The van der Waals surface area contributed by atoms with Gasteiger partial charge in [0.2, 0.25) is 5.43 Å². The van der Waals surface area contributed by atoms with Crippen molar-refractivity contribution >= 4 is 34.6 Å². The van der Waals surface area contributed by atoms with Gasteiger partial charge < -0.3 is 4.42 Å². The fourth-order valence-electron chi connectivity index (χ4n) is 1.95. The normalized spacial score (nSPS) is 11.1. The van der Waals surface area contributed by atoms with Gasteiger partial charge in [-0.2, -0.15) is 12.6 Å². The molecule has 17 heavy (non-hydrogen) atoms. The molecule has 0 saturated heterocycles. The number of para-hydroxylation sites is 1. The number of rotatable bonds is 1. The predicted octanol–water partition coefficient (Wildman–Crippen LogP) is 3.38. The van der Waals surface area contributed by atoms with Crippen molar-refractivity contribution < 1.29 is 4.42 Å². The maximum absolute atomic E-state index is 12.3. The molecule has 0 amide bonds. The Hall–Kier alpha value is -1.74. The first kappa shape index (κ1) is 10.4. The summed E-state index contributed by atoms with van der Waals surface area (Å²) in [5.74, 6) is 0.613. The lowest BCUT2D eigenvalue weighted by atomic mass is 10.1. The second-order valence-electron chi connectivity index (χ2n) is 3.92. The summed E-state index contributed by atoms with van der Waals surface area (Å²) in [4.78, 5) is 12.3. The van der Waals surface area contributed by atoms with E-state index in [-0.39, 0.29) is 5.43 Å². The monoisotopic (exact) mass is 242 g/mol. The van der Waals surface area contributed by atoms with Crippen molar-refractivity contribution in [2.45, 2.75) is 5.75 Å². The van der Waals surface area contributed by atoms with Crippen molar-refractivity contribution in [3.63, 3.8) is 0 Å². The van der Waals surface area contributed by atoms with Crippen molar-refractivity contribution in [1.29, 1.82) is 0 Å². The van der Waals surface area contributed by atoms with E-state index in [1.807, 2.05) is 36.4 Å². The molecule has 0 aliphatic heterocycles. The molecule has 2 aromatic carbocycles. The summed E-state index contributed by atoms with van der Waals surface area (Å²) in [5, 5.41) is 1.24. The van der Waals surface area contributed by atoms with Crippen LogP contribution in [0.1, 0.15) is 5.56 Å². The second-order valence-corrected chi connectivity index (χ2v) is 4.23. The van der Waals surface area contributed by atoms with Crippen LogP contribution < -0.4 is 5.43 Å². The third-order valence-corrected chi connectivity index (χ3v) is 3.19. The number of fused-ring (bicyclic) bond motifs is 2. The standard InChI is InChI=1S/C14H10O2S/c15-14-10-3-1-2-4-12(10)16-13-6-5-9(8-17)7-11(13)14/h1-7,17H,8H2. The summed E-state index contributed by atoms with van der Waals surface area (Å²) >= 11 is 4.21. The maximum Gasteiger partial charge on any atom is 0.200 e. The molecule has 1 aromatic heterocycles. The Morgan fingerprint density at radius 1 is 1.00 bits per heavy atom. The minimum Gasteiger partial charge on any atom is -0.456 e. The number of hydrogen-bond donors (Lipinski definition) is 1. The molecule has 0 aliphatic rings. The summed E-state index contributed by atoms with van der Waals surface area (Å²) in [6.07, 6.45) is 0. The lowest BCUT2D eigenvalue weighted by molar-refractivity contribution is 0.660. The van der Waals surface area contributed by atoms with E-state index in [0.29, 0.717) is 27.7 Å². The largest absolute Gasteiger partial charge is 0.456 e. The molecule has 0 aliphatic carbocycles. The molecule has 3 rings (SSSR count). The van der Waals surface area contributed by atoms with Gasteiger partial charge in [0.25, 0.3) is 0 Å². The zero-order valence-electron chi connectivity index (χ0n) is 9.01. The third-order valence-electron chi connectivity index (χ3n) is 2.82. The van der Waals surface area contributed by atoms with Gasteiger partial charge in [-0.05, 0) is 29.8 Å². The van der Waals surface area contributed by atoms with Crippen LogP contribution in [0.5, 0.6) is 0 Å². The Kier molecular flexibility index (Phi) is 2.41. The molecular formula is C14H10O2S. The van der Waals surface area contributed by atoms with Gasteiger partial charge in [-0.1, -0.05) is 18.2 Å². The van der Waals surface area contributed by atoms with Gasteiger partial charge in [0.1, 0.15) is 11.2 Å². The Morgan fingerprint density at radius 3 is 2.59 bits per heavy atom. The molecule has 84 valence electrons. The van der Waals surface area contributed by atoms with E-state index in [4.69, 9.17) is 4.42 Å². The lowest BCUT2D eigenvalue weighted by Crippen LogP contribution is -2.02. The average molecular weight is 242 g/mol. The molecule has 0 bridgehead atoms. The fourth-order valence-corrected chi connectivity index (χ4v) is 2.15. The maximum atomic E-state index is 12.3. The first-order chi connectivity index (χ1) is 8.29. The fraction of sp³-hybridized carbons (Fsp3) is 0.0714. The van der Waals surface area contributed by atoms with Crippen LogP contribution >= 0.6 is 12.6 Å². The smallest absolute Gasteiger partial charge is 0.200 e. The molecule has 0 spiro atoms. The number of hydrogen-bond acceptors (Lipinski definition) is 3. The molecule has 2 nitrogen and oxygen atoms in total. The van der Waals surface area contributed by atoms with Crippen molar-refractivity contribution in [3.05, 3.63) is 58.3 Å². The van der Waals surface area contributed by atoms with E-state index in [1.165, 1.54) is 0 Å². The van der Waals surface area contributed by atoms with E-state index in [1.54, 1.807) is 6.07 Å². The Bertz CT molecular complexity index is 759. The van der Waals surface area contributed by atoms with Crippen LogP contribution in [0.3, 0.4) is 0 Å². The van der Waals surface area contributed by atoms with Gasteiger partial charge >= 0.3 is 0 Å². The molecule has 0 unspecified atom stereocenters. The van der Waals surface area contributed by atoms with Gasteiger partial charge in [-0.25, -0.2) is 0 Å². The van der Waals surface area contributed by atoms with Crippen LogP contribution in [0.4, 0.5) is 0 Å². The summed E-state index contributed by atoms with van der Waals surface area (Å²) in [6.45, 7) is 0. The van der Waals surface area contributed by atoms with Crippen LogP contribution in [-0.2, 0) is 5.75 Å². The van der Waals surface area contributed by atoms with E-state index in [0.717, 1.165) is 5.56 Å². The van der Waals surface area contributed by atoms with Crippen LogP contribution in [-0.4, -0.2) is 0 Å². The van der Waals surface area contributed by atoms with E-state index in [2.05, 4.69) is 12.6 Å². The lowest BCUT2D eigenvalue weighted by Gasteiger charge is -2.02. The first-order valence-corrected chi connectivity index (χ1v) is 5.98. The minimum absolute atomic E-state index is 0.0190. The Morgan fingerprint density at radius 2 is 1.76 bits per heavy atom. The zero-order valence-corrected chi connectivity index (χ0v) is 9.91. The average Bonchev–Trinajstić information content (AvgIpc) is 2.39. The van der Waals surface area contributed by atoms with E-state index >= 15 is 0 Å². The SMILES string of the molecule is O=c1c2ccccc2oc2ccc(CS)cc12. The highest BCUT2D eigenvalue weighted by Crippen LogP contribution is 2.19.